The molecular weight excluding hydrogens is 1980 g/mol. The third-order valence-electron chi connectivity index (χ3n) is 23.0. The Labute approximate surface area is 823 Å². The molecule has 15 rings (SSSR count). The van der Waals surface area contributed by atoms with Crippen LogP contribution in [0.2, 0.25) is 55.2 Å². The summed E-state index contributed by atoms with van der Waals surface area (Å²) < 4.78 is 64.0. The van der Waals surface area contributed by atoms with E-state index in [2.05, 4.69) is 51.8 Å². The summed E-state index contributed by atoms with van der Waals surface area (Å²) in [6, 6.07) is 15.6. The average molecular weight is 2050 g/mol. The van der Waals surface area contributed by atoms with Crippen molar-refractivity contribution in [3.63, 3.8) is 0 Å². The fraction of sp³-hybridized carbons (Fsp3) is 0.258. The first-order valence-electron chi connectivity index (χ1n) is 41.1. The van der Waals surface area contributed by atoms with E-state index in [0.29, 0.717) is 114 Å². The van der Waals surface area contributed by atoms with Crippen molar-refractivity contribution in [1.82, 2.24) is 58.3 Å². The highest BCUT2D eigenvalue weighted by molar-refractivity contribution is 6.47. The highest BCUT2D eigenvalue weighted by Gasteiger charge is 2.38. The number of aromatic hydroxyl groups is 3. The molecule has 12 heterocycles. The van der Waals surface area contributed by atoms with Gasteiger partial charge in [-0.15, -0.1) is 0 Å². The van der Waals surface area contributed by atoms with Gasteiger partial charge in [0.25, 0.3) is 16.7 Å². The summed E-state index contributed by atoms with van der Waals surface area (Å²) in [7, 11) is 0. The first kappa shape index (κ1) is 100. The van der Waals surface area contributed by atoms with Crippen LogP contribution in [0.15, 0.2) is 107 Å². The Morgan fingerprint density at radius 1 is 0.378 bits per heavy atom. The lowest BCUT2D eigenvalue weighted by molar-refractivity contribution is -0.127. The molecule has 3 amide bonds. The second-order valence-electron chi connectivity index (χ2n) is 32.0. The van der Waals surface area contributed by atoms with E-state index in [1.165, 1.54) is 50.1 Å². The van der Waals surface area contributed by atoms with E-state index < -0.39 is 109 Å². The van der Waals surface area contributed by atoms with E-state index in [1.54, 1.807) is 77.2 Å². The molecular formula is C93H75Cl11F4N18O9. The molecule has 12 aromatic rings. The third kappa shape index (κ3) is 18.0. The zero-order chi connectivity index (χ0) is 98.7. The van der Waals surface area contributed by atoms with Gasteiger partial charge in [-0.2, -0.15) is 15.8 Å². The fourth-order valence-corrected chi connectivity index (χ4v) is 18.9. The minimum absolute atomic E-state index is 0.0398. The standard InChI is InChI=1S/2C31H25Cl4FN6O3.C31H25Cl3F2N6O3/c2*1-5-19(43)40-8-10-41(11-9-40)28-16-12-18(32)26(20-21(33)24(36)22(34)23(35)29(20)44)39-30(16)42(31(45)17(28)13-37)27-15(4)6-7-38-25(27)14(2)3;1-5-19(43)40-8-10-41(11-9-40)28-16-12-18(32)26(20-23(35)24(36)21(33)22(34)29(20)44)39-30(16)42(31(45)17(28)13-37)27-15(4)6-7-38-25(27)14(2)3/h3*5-7,12,14,44H,1,8-11H2,2-4H3. The molecule has 0 saturated carbocycles. The van der Waals surface area contributed by atoms with Crippen LogP contribution in [0, 0.1) is 78.0 Å². The number of carbonyl (C=O) groups is 3. The van der Waals surface area contributed by atoms with E-state index in [9.17, 15) is 64.3 Å². The minimum Gasteiger partial charge on any atom is -0.506 e. The van der Waals surface area contributed by atoms with Gasteiger partial charge in [0.1, 0.15) is 99.2 Å². The Morgan fingerprint density at radius 2 is 0.622 bits per heavy atom. The fourth-order valence-electron chi connectivity index (χ4n) is 16.4. The monoisotopic (exact) mass is 2050 g/mol. The normalized spacial score (nSPS) is 13.4. The topological polar surface area (TPSA) is 346 Å². The zero-order valence-corrected chi connectivity index (χ0v) is 81.1. The number of fused-ring (bicyclic) bond motifs is 3. The first-order valence-corrected chi connectivity index (χ1v) is 45.3. The molecule has 0 aliphatic carbocycles. The molecule has 0 atom stereocenters. The number of carbonyl (C=O) groups excluding carboxylic acids is 3. The Hall–Kier alpha value is -12.0. The number of benzene rings is 3. The molecule has 0 unspecified atom stereocenters. The lowest BCUT2D eigenvalue weighted by Crippen LogP contribution is -2.49. The molecule has 696 valence electrons. The number of nitrogens with zero attached hydrogens (tertiary/aromatic N) is 18. The van der Waals surface area contributed by atoms with Crippen LogP contribution in [0.25, 0.3) is 83.9 Å². The quantitative estimate of drug-likeness (QED) is 0.0371. The van der Waals surface area contributed by atoms with Crippen LogP contribution in [0.1, 0.15) is 110 Å². The lowest BCUT2D eigenvalue weighted by Gasteiger charge is -2.36. The number of rotatable bonds is 15. The Balaban J connectivity index is 0.000000171. The molecule has 0 bridgehead atoms. The maximum Gasteiger partial charge on any atom is 0.276 e. The predicted octanol–water partition coefficient (Wildman–Crippen LogP) is 20.6. The van der Waals surface area contributed by atoms with E-state index >= 15 is 13.2 Å². The average Bonchev–Trinajstić information content (AvgIpc) is 0.728. The van der Waals surface area contributed by atoms with Gasteiger partial charge in [-0.25, -0.2) is 32.5 Å². The molecule has 0 spiro atoms. The maximum atomic E-state index is 15.4. The van der Waals surface area contributed by atoms with Gasteiger partial charge in [-0.3, -0.25) is 57.4 Å². The zero-order valence-electron chi connectivity index (χ0n) is 72.8. The smallest absolute Gasteiger partial charge is 0.276 e. The molecule has 3 aliphatic rings. The second-order valence-corrected chi connectivity index (χ2v) is 36.3. The van der Waals surface area contributed by atoms with Crippen molar-refractivity contribution in [3.8, 4) is 86.3 Å². The molecule has 3 N–H and O–H groups in total. The molecule has 9 aromatic heterocycles. The molecule has 3 aliphatic heterocycles. The molecule has 42 heteroatoms. The van der Waals surface area contributed by atoms with Crippen molar-refractivity contribution in [2.45, 2.75) is 80.1 Å². The van der Waals surface area contributed by atoms with Crippen LogP contribution >= 0.6 is 128 Å². The van der Waals surface area contributed by atoms with Crippen molar-refractivity contribution in [2.24, 2.45) is 0 Å². The number of nitriles is 3. The Kier molecular flexibility index (Phi) is 30.1. The Morgan fingerprint density at radius 3 is 0.867 bits per heavy atom. The predicted molar refractivity (Wildman–Crippen MR) is 519 cm³/mol. The number of hydrogen-bond acceptors (Lipinski definition) is 21. The first-order chi connectivity index (χ1) is 64.0. The highest BCUT2D eigenvalue weighted by atomic mass is 35.5. The molecule has 0 radical (unpaired) electrons. The highest BCUT2D eigenvalue weighted by Crippen LogP contribution is 2.53. The van der Waals surface area contributed by atoms with Crippen molar-refractivity contribution >= 4 is 195 Å². The van der Waals surface area contributed by atoms with Crippen molar-refractivity contribution in [1.29, 1.82) is 15.8 Å². The van der Waals surface area contributed by atoms with Crippen molar-refractivity contribution in [2.75, 3.05) is 93.2 Å². The number of halogens is 15. The maximum absolute atomic E-state index is 15.4. The van der Waals surface area contributed by atoms with E-state index in [1.807, 2.05) is 57.4 Å². The van der Waals surface area contributed by atoms with Gasteiger partial charge in [0.2, 0.25) is 17.7 Å². The number of amides is 3. The van der Waals surface area contributed by atoms with E-state index in [0.717, 1.165) is 0 Å². The van der Waals surface area contributed by atoms with Crippen molar-refractivity contribution < 1.29 is 47.3 Å². The van der Waals surface area contributed by atoms with Crippen LogP contribution < -0.4 is 31.4 Å². The molecule has 3 aromatic carbocycles. The second kappa shape index (κ2) is 40.5. The number of aromatic nitrogens is 9. The summed E-state index contributed by atoms with van der Waals surface area (Å²) in [6.45, 7) is 30.8. The van der Waals surface area contributed by atoms with Crippen LogP contribution in [0.4, 0.5) is 34.6 Å². The number of aryl methyl sites for hydroxylation is 3. The van der Waals surface area contributed by atoms with Crippen LogP contribution in [0.3, 0.4) is 0 Å². The molecule has 3 saturated heterocycles. The molecule has 27 nitrogen and oxygen atoms in total. The van der Waals surface area contributed by atoms with Gasteiger partial charge in [0.05, 0.1) is 110 Å². The number of phenolic OH excluding ortho intramolecular Hbond substituents is 3. The number of phenols is 3. The number of pyridine rings is 9. The summed E-state index contributed by atoms with van der Waals surface area (Å²) in [5, 5.41) is 59.4. The van der Waals surface area contributed by atoms with E-state index in [-0.39, 0.29) is 155 Å². The summed E-state index contributed by atoms with van der Waals surface area (Å²) in [6.07, 6.45) is 8.50. The van der Waals surface area contributed by atoms with E-state index in [4.69, 9.17) is 138 Å². The van der Waals surface area contributed by atoms with Crippen molar-refractivity contribution in [3.05, 3.63) is 253 Å². The number of piperazine rings is 3. The van der Waals surface area contributed by atoms with Gasteiger partial charge in [-0.05, 0) is 110 Å². The molecule has 135 heavy (non-hydrogen) atoms. The summed E-state index contributed by atoms with van der Waals surface area (Å²) in [5.41, 5.74) is 0.647. The Bertz CT molecular complexity index is 6650. The third-order valence-corrected chi connectivity index (χ3v) is 27.1. The summed E-state index contributed by atoms with van der Waals surface area (Å²) in [4.78, 5) is 118. The number of hydrogen-bond donors (Lipinski definition) is 3. The van der Waals surface area contributed by atoms with Crippen LogP contribution in [-0.2, 0) is 14.4 Å². The minimum atomic E-state index is -1.55. The van der Waals surface area contributed by atoms with Crippen LogP contribution in [0.5, 0.6) is 17.2 Å². The molecule has 3 fully saturated rings. The van der Waals surface area contributed by atoms with Gasteiger partial charge >= 0.3 is 0 Å². The lowest BCUT2D eigenvalue weighted by atomic mass is 10.0. The number of anilines is 3. The summed E-state index contributed by atoms with van der Waals surface area (Å²) in [5.74, 6) is -8.67. The van der Waals surface area contributed by atoms with Crippen LogP contribution in [-0.4, -0.2) is 170 Å². The van der Waals surface area contributed by atoms with Gasteiger partial charge in [-0.1, -0.05) is 189 Å². The van der Waals surface area contributed by atoms with Gasteiger partial charge < -0.3 is 44.7 Å². The largest absolute Gasteiger partial charge is 0.506 e. The van der Waals surface area contributed by atoms with Gasteiger partial charge in [0, 0.05) is 113 Å². The van der Waals surface area contributed by atoms with Gasteiger partial charge in [0.15, 0.2) is 23.3 Å². The SMILES string of the molecule is C=CC(=O)N1CCN(c2c(C#N)c(=O)n(-c3c(C)ccnc3C(C)C)c3nc(-c4c(O)c(Cl)c(Cl)c(F)c4Cl)c(Cl)cc23)CC1.C=CC(=O)N1CCN(c2c(C#N)c(=O)n(-c3c(C)ccnc3C(C)C)c3nc(-c4c(O)c(Cl)c(Cl)c(F)c4Cl)c(Cl)cc23)CC1.C=CC(=O)N1CCN(c2c(C#N)c(=O)n(-c3c(C)ccnc3C(C)C)c3nc(-c4c(O)c(Cl)c(Cl)c(F)c4F)c(Cl)cc23)CC1. The summed E-state index contributed by atoms with van der Waals surface area (Å²) >= 11 is 68.8.